The number of nitrogens with one attached hydrogen (secondary N) is 1. The van der Waals surface area contributed by atoms with Crippen molar-refractivity contribution in [3.63, 3.8) is 0 Å². The Hall–Kier alpha value is -1.13. The summed E-state index contributed by atoms with van der Waals surface area (Å²) < 4.78 is 24.4. The van der Waals surface area contributed by atoms with Gasteiger partial charge in [-0.15, -0.1) is 0 Å². The van der Waals surface area contributed by atoms with Crippen molar-refractivity contribution in [3.05, 3.63) is 30.1 Å². The van der Waals surface area contributed by atoms with E-state index in [9.17, 15) is 4.39 Å². The molecular weight excluding hydrogens is 269 g/mol. The largest absolute Gasteiger partial charge is 0.384 e. The highest BCUT2D eigenvalue weighted by Gasteiger charge is 2.41. The molecule has 0 bridgehead atoms. The monoisotopic (exact) mass is 293 g/mol. The molecule has 1 aliphatic heterocycles. The number of anilines is 1. The SMILES string of the molecule is COCC1CC[C@H](Nc2ccc(F)cc2)C2CCCOC12. The van der Waals surface area contributed by atoms with Crippen LogP contribution in [0.4, 0.5) is 10.1 Å². The second kappa shape index (κ2) is 6.75. The van der Waals surface area contributed by atoms with Crippen LogP contribution in [0.15, 0.2) is 24.3 Å². The molecule has 4 heteroatoms. The first-order valence-corrected chi connectivity index (χ1v) is 7.90. The molecule has 116 valence electrons. The van der Waals surface area contributed by atoms with Crippen LogP contribution in [0.25, 0.3) is 0 Å². The van der Waals surface area contributed by atoms with Crippen molar-refractivity contribution in [2.24, 2.45) is 11.8 Å². The third-order valence-corrected chi connectivity index (χ3v) is 4.82. The highest BCUT2D eigenvalue weighted by molar-refractivity contribution is 5.44. The van der Waals surface area contributed by atoms with Gasteiger partial charge in [0.25, 0.3) is 0 Å². The van der Waals surface area contributed by atoms with E-state index in [1.165, 1.54) is 18.6 Å². The number of ether oxygens (including phenoxy) is 2. The highest BCUT2D eigenvalue weighted by Crippen LogP contribution is 2.39. The minimum Gasteiger partial charge on any atom is -0.384 e. The van der Waals surface area contributed by atoms with E-state index < -0.39 is 0 Å². The lowest BCUT2D eigenvalue weighted by Gasteiger charge is -2.45. The molecule has 1 aliphatic carbocycles. The van der Waals surface area contributed by atoms with Crippen LogP contribution in [0.1, 0.15) is 25.7 Å². The zero-order chi connectivity index (χ0) is 14.7. The van der Waals surface area contributed by atoms with E-state index in [0.29, 0.717) is 24.0 Å². The average Bonchev–Trinajstić information content (AvgIpc) is 2.52. The van der Waals surface area contributed by atoms with E-state index >= 15 is 0 Å². The van der Waals surface area contributed by atoms with Crippen molar-refractivity contribution in [2.75, 3.05) is 25.6 Å². The van der Waals surface area contributed by atoms with Crippen molar-refractivity contribution in [1.29, 1.82) is 0 Å². The fraction of sp³-hybridized carbons (Fsp3) is 0.647. The molecule has 3 nitrogen and oxygen atoms in total. The first kappa shape index (κ1) is 14.8. The molecule has 1 aromatic carbocycles. The summed E-state index contributed by atoms with van der Waals surface area (Å²) in [5.74, 6) is 0.840. The molecule has 0 spiro atoms. The van der Waals surface area contributed by atoms with Crippen LogP contribution in [-0.2, 0) is 9.47 Å². The number of halogens is 1. The van der Waals surface area contributed by atoms with Crippen LogP contribution >= 0.6 is 0 Å². The molecule has 1 saturated carbocycles. The van der Waals surface area contributed by atoms with Crippen LogP contribution in [0.3, 0.4) is 0 Å². The Morgan fingerprint density at radius 1 is 1.24 bits per heavy atom. The molecule has 3 unspecified atom stereocenters. The van der Waals surface area contributed by atoms with Gasteiger partial charge in [0.1, 0.15) is 5.82 Å². The van der Waals surface area contributed by atoms with Gasteiger partial charge >= 0.3 is 0 Å². The maximum atomic E-state index is 13.0. The average molecular weight is 293 g/mol. The van der Waals surface area contributed by atoms with Crippen molar-refractivity contribution in [1.82, 2.24) is 0 Å². The fourth-order valence-corrected chi connectivity index (χ4v) is 3.85. The number of hydrogen-bond acceptors (Lipinski definition) is 3. The maximum absolute atomic E-state index is 13.0. The summed E-state index contributed by atoms with van der Waals surface area (Å²) in [4.78, 5) is 0. The van der Waals surface area contributed by atoms with Crippen LogP contribution in [0, 0.1) is 17.7 Å². The smallest absolute Gasteiger partial charge is 0.123 e. The maximum Gasteiger partial charge on any atom is 0.123 e. The summed E-state index contributed by atoms with van der Waals surface area (Å²) in [7, 11) is 1.76. The molecule has 0 amide bonds. The number of benzene rings is 1. The third kappa shape index (κ3) is 3.38. The second-order valence-electron chi connectivity index (χ2n) is 6.19. The summed E-state index contributed by atoms with van der Waals surface area (Å²) in [6, 6.07) is 7.06. The van der Waals surface area contributed by atoms with Crippen molar-refractivity contribution in [2.45, 2.75) is 37.8 Å². The summed E-state index contributed by atoms with van der Waals surface area (Å²) in [5, 5.41) is 3.58. The molecule has 3 rings (SSSR count). The minimum absolute atomic E-state index is 0.191. The lowest BCUT2D eigenvalue weighted by molar-refractivity contribution is -0.0991. The first-order chi connectivity index (χ1) is 10.3. The Kier molecular flexibility index (Phi) is 4.76. The summed E-state index contributed by atoms with van der Waals surface area (Å²) in [5.41, 5.74) is 0.996. The topological polar surface area (TPSA) is 30.5 Å². The van der Waals surface area contributed by atoms with Crippen molar-refractivity contribution >= 4 is 5.69 Å². The van der Waals surface area contributed by atoms with Gasteiger partial charge in [-0.2, -0.15) is 0 Å². The molecular formula is C17H24FNO2. The van der Waals surface area contributed by atoms with Crippen molar-refractivity contribution < 1.29 is 13.9 Å². The van der Waals surface area contributed by atoms with Gasteiger partial charge in [-0.05, 0) is 49.9 Å². The fourth-order valence-electron chi connectivity index (χ4n) is 3.85. The second-order valence-corrected chi connectivity index (χ2v) is 6.19. The molecule has 2 fully saturated rings. The number of hydrogen-bond donors (Lipinski definition) is 1. The van der Waals surface area contributed by atoms with Crippen LogP contribution in [-0.4, -0.2) is 32.5 Å². The van der Waals surface area contributed by atoms with Gasteiger partial charge in [0.15, 0.2) is 0 Å². The lowest BCUT2D eigenvalue weighted by Crippen LogP contribution is -2.50. The minimum atomic E-state index is -0.191. The molecule has 4 atom stereocenters. The van der Waals surface area contributed by atoms with E-state index in [-0.39, 0.29) is 5.82 Å². The van der Waals surface area contributed by atoms with Crippen LogP contribution < -0.4 is 5.32 Å². The van der Waals surface area contributed by atoms with Gasteiger partial charge in [-0.1, -0.05) is 0 Å². The molecule has 1 heterocycles. The van der Waals surface area contributed by atoms with Crippen LogP contribution in [0.2, 0.25) is 0 Å². The number of fused-ring (bicyclic) bond motifs is 1. The predicted octanol–water partition coefficient (Wildman–Crippen LogP) is 3.46. The van der Waals surface area contributed by atoms with Gasteiger partial charge in [0, 0.05) is 37.3 Å². The molecule has 0 aromatic heterocycles. The van der Waals surface area contributed by atoms with E-state index in [4.69, 9.17) is 9.47 Å². The molecule has 1 aromatic rings. The number of rotatable bonds is 4. The third-order valence-electron chi connectivity index (χ3n) is 4.82. The van der Waals surface area contributed by atoms with E-state index in [1.807, 2.05) is 12.1 Å². The zero-order valence-corrected chi connectivity index (χ0v) is 12.6. The van der Waals surface area contributed by atoms with Gasteiger partial charge in [0.05, 0.1) is 12.7 Å². The normalized spacial score (nSPS) is 32.5. The number of methoxy groups -OCH3 is 1. The molecule has 2 aliphatic rings. The Morgan fingerprint density at radius 2 is 2.05 bits per heavy atom. The van der Waals surface area contributed by atoms with Gasteiger partial charge in [-0.25, -0.2) is 4.39 Å². The van der Waals surface area contributed by atoms with Gasteiger partial charge in [-0.3, -0.25) is 0 Å². The molecule has 0 radical (unpaired) electrons. The van der Waals surface area contributed by atoms with E-state index in [2.05, 4.69) is 5.32 Å². The van der Waals surface area contributed by atoms with E-state index in [1.54, 1.807) is 7.11 Å². The van der Waals surface area contributed by atoms with Crippen LogP contribution in [0.5, 0.6) is 0 Å². The lowest BCUT2D eigenvalue weighted by atomic mass is 9.72. The zero-order valence-electron chi connectivity index (χ0n) is 12.6. The standard InChI is InChI=1S/C17H24FNO2/c1-20-11-12-4-9-16(15-3-2-10-21-17(12)15)19-14-7-5-13(18)6-8-14/h5-8,12,15-17,19H,2-4,9-11H2,1H3/t12?,15?,16-,17?/m0/s1. The predicted molar refractivity (Wildman–Crippen MR) is 80.9 cm³/mol. The highest BCUT2D eigenvalue weighted by atomic mass is 19.1. The summed E-state index contributed by atoms with van der Waals surface area (Å²) in [6.07, 6.45) is 4.86. The first-order valence-electron chi connectivity index (χ1n) is 7.90. The Morgan fingerprint density at radius 3 is 2.81 bits per heavy atom. The van der Waals surface area contributed by atoms with Crippen molar-refractivity contribution in [3.8, 4) is 0 Å². The molecule has 1 N–H and O–H groups in total. The Bertz CT molecular complexity index is 451. The summed E-state index contributed by atoms with van der Waals surface area (Å²) in [6.45, 7) is 1.65. The Labute approximate surface area is 125 Å². The quantitative estimate of drug-likeness (QED) is 0.922. The molecule has 1 saturated heterocycles. The van der Waals surface area contributed by atoms with Gasteiger partial charge in [0.2, 0.25) is 0 Å². The van der Waals surface area contributed by atoms with Gasteiger partial charge < -0.3 is 14.8 Å². The Balaban J connectivity index is 1.69. The molecule has 21 heavy (non-hydrogen) atoms. The summed E-state index contributed by atoms with van der Waals surface area (Å²) >= 11 is 0. The van der Waals surface area contributed by atoms with E-state index in [0.717, 1.165) is 38.2 Å².